The fourth-order valence-corrected chi connectivity index (χ4v) is 6.20. The molecule has 4 heterocycles. The number of hydrogen-bond donors (Lipinski definition) is 0. The van der Waals surface area contributed by atoms with E-state index in [0.717, 1.165) is 11.4 Å². The lowest BCUT2D eigenvalue weighted by atomic mass is 10.2. The van der Waals surface area contributed by atoms with Gasteiger partial charge in [-0.05, 0) is 49.6 Å². The van der Waals surface area contributed by atoms with Crippen molar-refractivity contribution in [1.82, 2.24) is 34.4 Å². The van der Waals surface area contributed by atoms with Gasteiger partial charge in [-0.15, -0.1) is 0 Å². The van der Waals surface area contributed by atoms with E-state index in [1.54, 1.807) is 25.3 Å². The summed E-state index contributed by atoms with van der Waals surface area (Å²) < 4.78 is 29.7. The highest BCUT2D eigenvalue weighted by molar-refractivity contribution is 5.83. The average Bonchev–Trinajstić information content (AvgIpc) is 3.92. The van der Waals surface area contributed by atoms with Gasteiger partial charge in [0.2, 0.25) is 23.5 Å². The van der Waals surface area contributed by atoms with Crippen LogP contribution in [0, 0.1) is 0 Å². The Kier molecular flexibility index (Phi) is 11.7. The van der Waals surface area contributed by atoms with Gasteiger partial charge in [0.1, 0.15) is 31.3 Å². The van der Waals surface area contributed by atoms with Gasteiger partial charge in [0, 0.05) is 57.0 Å². The average molecular weight is 702 g/mol. The highest BCUT2D eigenvalue weighted by atomic mass is 16.6. The van der Waals surface area contributed by atoms with Crippen LogP contribution in [0.5, 0.6) is 17.2 Å². The van der Waals surface area contributed by atoms with E-state index < -0.39 is 6.09 Å². The van der Waals surface area contributed by atoms with Gasteiger partial charge in [-0.1, -0.05) is 17.3 Å². The molecule has 15 nitrogen and oxygen atoms in total. The second-order valence-corrected chi connectivity index (χ2v) is 12.2. The number of rotatable bonds is 8. The first kappa shape index (κ1) is 35.2. The van der Waals surface area contributed by atoms with Gasteiger partial charge in [-0.2, -0.15) is 4.98 Å². The number of methoxy groups -OCH3 is 2. The topological polar surface area (TPSA) is 155 Å². The molecule has 0 N–H and O–H groups in total. The minimum absolute atomic E-state index is 0.0236. The molecule has 51 heavy (non-hydrogen) atoms. The van der Waals surface area contributed by atoms with Crippen LogP contribution in [0.3, 0.4) is 0 Å². The predicted octanol–water partition coefficient (Wildman–Crippen LogP) is 3.92. The predicted molar refractivity (Wildman–Crippen MR) is 184 cm³/mol. The van der Waals surface area contributed by atoms with E-state index in [1.165, 1.54) is 4.90 Å². The van der Waals surface area contributed by atoms with Gasteiger partial charge >= 0.3 is 6.09 Å². The number of carbonyl (C=O) groups is 3. The number of cyclic esters (lactones) is 1. The summed E-state index contributed by atoms with van der Waals surface area (Å²) >= 11 is 0. The van der Waals surface area contributed by atoms with Gasteiger partial charge in [0.15, 0.2) is 11.5 Å². The van der Waals surface area contributed by atoms with Crippen molar-refractivity contribution in [3.8, 4) is 40.0 Å². The molecule has 2 aromatic carbocycles. The number of imidazole rings is 1. The van der Waals surface area contributed by atoms with Crippen LogP contribution in [-0.4, -0.2) is 119 Å². The molecule has 2 aliphatic heterocycles. The standard InChI is InChI=1S/C36H43N7O8/c1-47-28-9-4-3-8-27(28)34-38-31(51-39-34)12-13-32(44)40-15-5-6-16-41(33(45)25-43-21-23-50-36(43)46)20-22-49-30-24-26(10-11-29(30)48-2)35-37-14-19-42(35)18-7-17-40/h3-4,8-11,14,19,24H,5-7,12-13,15-18,20-23,25H2,1-2H3. The van der Waals surface area contributed by atoms with E-state index in [4.69, 9.17) is 23.5 Å². The van der Waals surface area contributed by atoms with Crippen LogP contribution < -0.4 is 14.2 Å². The van der Waals surface area contributed by atoms with E-state index in [1.807, 2.05) is 53.6 Å². The number of para-hydroxylation sites is 1. The third-order valence-corrected chi connectivity index (χ3v) is 8.93. The van der Waals surface area contributed by atoms with Crippen molar-refractivity contribution in [2.75, 3.05) is 66.7 Å². The lowest BCUT2D eigenvalue weighted by molar-refractivity contribution is -0.133. The summed E-state index contributed by atoms with van der Waals surface area (Å²) in [5, 5.41) is 4.11. The number of aromatic nitrogens is 4. The molecule has 1 saturated heterocycles. The molecule has 0 spiro atoms. The molecule has 6 rings (SSSR count). The molecule has 0 saturated carbocycles. The molecule has 2 aromatic heterocycles. The summed E-state index contributed by atoms with van der Waals surface area (Å²) in [6, 6.07) is 13.1. The highest BCUT2D eigenvalue weighted by Crippen LogP contribution is 2.32. The van der Waals surface area contributed by atoms with E-state index >= 15 is 0 Å². The van der Waals surface area contributed by atoms with Crippen LogP contribution in [0.2, 0.25) is 0 Å². The lowest BCUT2D eigenvalue weighted by Gasteiger charge is -2.26. The first-order valence-electron chi connectivity index (χ1n) is 17.2. The highest BCUT2D eigenvalue weighted by Gasteiger charge is 2.27. The van der Waals surface area contributed by atoms with Crippen molar-refractivity contribution in [2.24, 2.45) is 0 Å². The Balaban J connectivity index is 1.17. The van der Waals surface area contributed by atoms with E-state index in [9.17, 15) is 14.4 Å². The van der Waals surface area contributed by atoms with Crippen molar-refractivity contribution in [3.63, 3.8) is 0 Å². The van der Waals surface area contributed by atoms with E-state index in [-0.39, 0.29) is 38.0 Å². The third kappa shape index (κ3) is 8.77. The van der Waals surface area contributed by atoms with Crippen LogP contribution >= 0.6 is 0 Å². The van der Waals surface area contributed by atoms with E-state index in [2.05, 4.69) is 19.7 Å². The van der Waals surface area contributed by atoms with Crippen LogP contribution in [0.15, 0.2) is 59.4 Å². The summed E-state index contributed by atoms with van der Waals surface area (Å²) in [7, 11) is 3.17. The van der Waals surface area contributed by atoms with Crippen molar-refractivity contribution >= 4 is 17.9 Å². The number of hydrogen-bond acceptors (Lipinski definition) is 11. The number of ether oxygens (including phenoxy) is 4. The van der Waals surface area contributed by atoms with Crippen LogP contribution in [0.25, 0.3) is 22.8 Å². The van der Waals surface area contributed by atoms with Crippen molar-refractivity contribution < 1.29 is 37.9 Å². The number of carbonyl (C=O) groups excluding carboxylic acids is 3. The van der Waals surface area contributed by atoms with Crippen molar-refractivity contribution in [3.05, 3.63) is 60.7 Å². The maximum Gasteiger partial charge on any atom is 0.410 e. The Morgan fingerprint density at radius 1 is 0.843 bits per heavy atom. The number of aryl methyl sites for hydroxylation is 2. The SMILES string of the molecule is COc1ccc2cc1OCCN(C(=O)CN1CCOC1=O)CCCCN(C(=O)CCc1nc(-c3ccccc3OC)no1)CCCn1ccnc1-2. The quantitative estimate of drug-likeness (QED) is 0.263. The fourth-order valence-electron chi connectivity index (χ4n) is 6.20. The molecule has 270 valence electrons. The minimum Gasteiger partial charge on any atom is -0.496 e. The van der Waals surface area contributed by atoms with E-state index in [0.29, 0.717) is 99.5 Å². The fraction of sp³-hybridized carbons (Fsp3) is 0.444. The molecule has 4 aromatic rings. The number of amides is 3. The van der Waals surface area contributed by atoms with Gasteiger partial charge in [0.25, 0.3) is 0 Å². The number of benzene rings is 2. The van der Waals surface area contributed by atoms with Gasteiger partial charge in [-0.3, -0.25) is 14.5 Å². The first-order valence-corrected chi connectivity index (χ1v) is 17.2. The molecular weight excluding hydrogens is 658 g/mol. The molecule has 15 heteroatoms. The summed E-state index contributed by atoms with van der Waals surface area (Å²) in [4.78, 5) is 53.2. The molecule has 0 radical (unpaired) electrons. The third-order valence-electron chi connectivity index (χ3n) is 8.93. The minimum atomic E-state index is -0.490. The zero-order valence-corrected chi connectivity index (χ0v) is 29.0. The van der Waals surface area contributed by atoms with Crippen molar-refractivity contribution in [2.45, 2.75) is 38.6 Å². The first-order chi connectivity index (χ1) is 24.9. The smallest absolute Gasteiger partial charge is 0.410 e. The Morgan fingerprint density at radius 2 is 1.61 bits per heavy atom. The zero-order chi connectivity index (χ0) is 35.6. The van der Waals surface area contributed by atoms with Crippen LogP contribution in [0.1, 0.15) is 31.6 Å². The molecular formula is C36H43N7O8. The zero-order valence-electron chi connectivity index (χ0n) is 29.0. The molecule has 2 aliphatic rings. The normalized spacial score (nSPS) is 15.8. The molecule has 1 fully saturated rings. The molecule has 2 bridgehead atoms. The van der Waals surface area contributed by atoms with Gasteiger partial charge in [-0.25, -0.2) is 9.78 Å². The van der Waals surface area contributed by atoms with Gasteiger partial charge < -0.3 is 37.8 Å². The lowest BCUT2D eigenvalue weighted by Crippen LogP contribution is -2.43. The summed E-state index contributed by atoms with van der Waals surface area (Å²) in [6.45, 7) is 3.21. The van der Waals surface area contributed by atoms with Crippen LogP contribution in [0.4, 0.5) is 4.79 Å². The molecule has 0 atom stereocenters. The largest absolute Gasteiger partial charge is 0.496 e. The summed E-state index contributed by atoms with van der Waals surface area (Å²) in [5.74, 6) is 3.06. The molecule has 0 unspecified atom stereocenters. The second kappa shape index (κ2) is 16.9. The maximum atomic E-state index is 13.7. The Hall–Kier alpha value is -5.60. The van der Waals surface area contributed by atoms with Crippen molar-refractivity contribution in [1.29, 1.82) is 0 Å². The second-order valence-electron chi connectivity index (χ2n) is 12.2. The molecule has 0 aliphatic carbocycles. The van der Waals surface area contributed by atoms with Crippen LogP contribution in [-0.2, 0) is 27.3 Å². The Labute approximate surface area is 296 Å². The van der Waals surface area contributed by atoms with Gasteiger partial charge in [0.05, 0.1) is 32.9 Å². The molecule has 3 amide bonds. The Morgan fingerprint density at radius 3 is 2.39 bits per heavy atom. The maximum absolute atomic E-state index is 13.7. The summed E-state index contributed by atoms with van der Waals surface area (Å²) in [5.41, 5.74) is 1.56. The number of fused-ring (bicyclic) bond motifs is 4. The summed E-state index contributed by atoms with van der Waals surface area (Å²) in [6.07, 6.45) is 5.71. The monoisotopic (exact) mass is 701 g/mol. The number of nitrogens with zero attached hydrogens (tertiary/aromatic N) is 7. The Bertz CT molecular complexity index is 1810.